The van der Waals surface area contributed by atoms with E-state index < -0.39 is 0 Å². The van der Waals surface area contributed by atoms with Gasteiger partial charge in [-0.05, 0) is 25.5 Å². The van der Waals surface area contributed by atoms with Gasteiger partial charge >= 0.3 is 6.03 Å². The van der Waals surface area contributed by atoms with Crippen molar-refractivity contribution >= 4 is 34.7 Å². The fourth-order valence-electron chi connectivity index (χ4n) is 3.18. The zero-order valence-corrected chi connectivity index (χ0v) is 16.4. The van der Waals surface area contributed by atoms with Crippen LogP contribution in [0.15, 0.2) is 53.0 Å². The normalized spacial score (nSPS) is 19.5. The Morgan fingerprint density at radius 2 is 1.89 bits per heavy atom. The van der Waals surface area contributed by atoms with E-state index in [9.17, 15) is 4.79 Å². The molecule has 0 radical (unpaired) electrons. The van der Waals surface area contributed by atoms with E-state index in [1.54, 1.807) is 23.6 Å². The number of thiazole rings is 1. The third-order valence-electron chi connectivity index (χ3n) is 4.59. The Morgan fingerprint density at radius 1 is 1.11 bits per heavy atom. The summed E-state index contributed by atoms with van der Waals surface area (Å²) in [6.45, 7) is 3.93. The highest BCUT2D eigenvalue weighted by Crippen LogP contribution is 2.37. The molecule has 2 aromatic heterocycles. The first-order chi connectivity index (χ1) is 13.0. The number of halogens is 1. The van der Waals surface area contributed by atoms with Crippen LogP contribution in [0.4, 0.5) is 4.79 Å². The third-order valence-corrected chi connectivity index (χ3v) is 5.74. The minimum atomic E-state index is -0.348. The van der Waals surface area contributed by atoms with Gasteiger partial charge in [-0.15, -0.1) is 11.3 Å². The summed E-state index contributed by atoms with van der Waals surface area (Å²) in [5.41, 5.74) is 4.82. The molecular weight excluding hydrogens is 380 g/mol. The molecule has 2 unspecified atom stereocenters. The van der Waals surface area contributed by atoms with Gasteiger partial charge in [-0.25, -0.2) is 19.8 Å². The topological polar surface area (TPSA) is 67.2 Å². The van der Waals surface area contributed by atoms with Gasteiger partial charge in [0.05, 0.1) is 17.7 Å². The number of rotatable bonds is 3. The van der Waals surface area contributed by atoms with Crippen molar-refractivity contribution in [3.63, 3.8) is 0 Å². The number of urea groups is 1. The van der Waals surface area contributed by atoms with Crippen LogP contribution in [0.3, 0.4) is 0 Å². The smallest absolute Gasteiger partial charge is 0.328 e. The van der Waals surface area contributed by atoms with Crippen molar-refractivity contribution in [2.24, 2.45) is 4.99 Å². The third kappa shape index (κ3) is 3.63. The predicted molar refractivity (Wildman–Crippen MR) is 109 cm³/mol. The lowest BCUT2D eigenvalue weighted by atomic mass is 9.89. The van der Waals surface area contributed by atoms with Gasteiger partial charge in [-0.1, -0.05) is 47.5 Å². The molecule has 5 nitrogen and oxygen atoms in total. The Bertz CT molecular complexity index is 1010. The van der Waals surface area contributed by atoms with E-state index in [1.807, 2.05) is 18.4 Å². The maximum atomic E-state index is 12.0. The first-order valence-corrected chi connectivity index (χ1v) is 9.76. The number of nitrogens with zero attached hydrogens (tertiary/aromatic N) is 3. The molecule has 3 heterocycles. The fraction of sp³-hybridized carbons (Fsp3) is 0.200. The summed E-state index contributed by atoms with van der Waals surface area (Å²) < 4.78 is 0. The van der Waals surface area contributed by atoms with Crippen molar-refractivity contribution in [3.05, 3.63) is 69.3 Å². The van der Waals surface area contributed by atoms with E-state index >= 15 is 0 Å². The second-order valence-corrected chi connectivity index (χ2v) is 7.79. The summed E-state index contributed by atoms with van der Waals surface area (Å²) in [6, 6.07) is 11.3. The SMILES string of the molecule is CC1=NC(=O)NC(c2ccc(Cl)nc2)C1c1nc(-c2ccc(C)cc2)cs1. The van der Waals surface area contributed by atoms with E-state index in [0.29, 0.717) is 5.15 Å². The predicted octanol–water partition coefficient (Wildman–Crippen LogP) is 5.18. The molecule has 0 fully saturated rings. The minimum Gasteiger partial charge on any atom is -0.328 e. The van der Waals surface area contributed by atoms with Crippen LogP contribution in [0, 0.1) is 6.92 Å². The molecule has 0 spiro atoms. The number of hydrogen-bond acceptors (Lipinski definition) is 4. The quantitative estimate of drug-likeness (QED) is 0.620. The molecule has 1 aromatic carbocycles. The van der Waals surface area contributed by atoms with Crippen LogP contribution in [0.1, 0.15) is 35.0 Å². The molecular formula is C20H17ClN4OS. The number of pyridine rings is 1. The van der Waals surface area contributed by atoms with Crippen molar-refractivity contribution in [3.8, 4) is 11.3 Å². The molecule has 1 aliphatic rings. The van der Waals surface area contributed by atoms with Crippen LogP contribution >= 0.6 is 22.9 Å². The van der Waals surface area contributed by atoms with E-state index in [0.717, 1.165) is 27.5 Å². The summed E-state index contributed by atoms with van der Waals surface area (Å²) in [6.07, 6.45) is 1.69. The Balaban J connectivity index is 1.73. The summed E-state index contributed by atoms with van der Waals surface area (Å²) in [4.78, 5) is 25.1. The highest BCUT2D eigenvalue weighted by Gasteiger charge is 2.35. The van der Waals surface area contributed by atoms with Crippen molar-refractivity contribution < 1.29 is 4.79 Å². The van der Waals surface area contributed by atoms with Gasteiger partial charge in [0.1, 0.15) is 10.2 Å². The van der Waals surface area contributed by atoms with Gasteiger partial charge < -0.3 is 5.32 Å². The summed E-state index contributed by atoms with van der Waals surface area (Å²) in [5, 5.41) is 6.31. The lowest BCUT2D eigenvalue weighted by Crippen LogP contribution is -2.38. The summed E-state index contributed by atoms with van der Waals surface area (Å²) in [7, 11) is 0. The molecule has 27 heavy (non-hydrogen) atoms. The highest BCUT2D eigenvalue weighted by molar-refractivity contribution is 7.10. The Hall–Kier alpha value is -2.57. The lowest BCUT2D eigenvalue weighted by molar-refractivity contribution is 0.243. The van der Waals surface area contributed by atoms with E-state index in [4.69, 9.17) is 16.6 Å². The van der Waals surface area contributed by atoms with Crippen LogP contribution in [-0.2, 0) is 0 Å². The molecule has 1 aliphatic heterocycles. The van der Waals surface area contributed by atoms with Gasteiger partial charge in [0, 0.05) is 22.9 Å². The van der Waals surface area contributed by atoms with Crippen molar-refractivity contribution in [1.82, 2.24) is 15.3 Å². The van der Waals surface area contributed by atoms with E-state index in [2.05, 4.69) is 46.5 Å². The van der Waals surface area contributed by atoms with Crippen LogP contribution < -0.4 is 5.32 Å². The van der Waals surface area contributed by atoms with Gasteiger partial charge in [-0.2, -0.15) is 0 Å². The molecule has 0 aliphatic carbocycles. The average Bonchev–Trinajstić information content (AvgIpc) is 3.12. The van der Waals surface area contributed by atoms with E-state index in [1.165, 1.54) is 5.56 Å². The minimum absolute atomic E-state index is 0.144. The largest absolute Gasteiger partial charge is 0.341 e. The molecule has 2 atom stereocenters. The number of aromatic nitrogens is 2. The second-order valence-electron chi connectivity index (χ2n) is 6.51. The molecule has 0 bridgehead atoms. The van der Waals surface area contributed by atoms with Crippen molar-refractivity contribution in [2.45, 2.75) is 25.8 Å². The zero-order valence-electron chi connectivity index (χ0n) is 14.8. The number of carbonyl (C=O) groups excluding carboxylic acids is 1. The van der Waals surface area contributed by atoms with Crippen LogP contribution in [-0.4, -0.2) is 21.7 Å². The second kappa shape index (κ2) is 7.21. The van der Waals surface area contributed by atoms with Gasteiger partial charge in [0.2, 0.25) is 0 Å². The maximum Gasteiger partial charge on any atom is 0.341 e. The monoisotopic (exact) mass is 396 g/mol. The number of nitrogens with one attached hydrogen (secondary N) is 1. The van der Waals surface area contributed by atoms with Crippen molar-refractivity contribution in [2.75, 3.05) is 0 Å². The molecule has 7 heteroatoms. The number of carbonyl (C=O) groups is 1. The number of amides is 2. The van der Waals surface area contributed by atoms with Crippen LogP contribution in [0.25, 0.3) is 11.3 Å². The molecule has 1 N–H and O–H groups in total. The summed E-state index contributed by atoms with van der Waals surface area (Å²) >= 11 is 7.48. The number of aryl methyl sites for hydroxylation is 1. The van der Waals surface area contributed by atoms with Gasteiger partial charge in [0.25, 0.3) is 0 Å². The van der Waals surface area contributed by atoms with Crippen LogP contribution in [0.2, 0.25) is 5.15 Å². The van der Waals surface area contributed by atoms with E-state index in [-0.39, 0.29) is 18.0 Å². The Morgan fingerprint density at radius 3 is 2.59 bits per heavy atom. The molecule has 136 valence electrons. The zero-order chi connectivity index (χ0) is 19.0. The van der Waals surface area contributed by atoms with Gasteiger partial charge in [-0.3, -0.25) is 0 Å². The first-order valence-electron chi connectivity index (χ1n) is 8.51. The van der Waals surface area contributed by atoms with Crippen molar-refractivity contribution in [1.29, 1.82) is 0 Å². The van der Waals surface area contributed by atoms with Gasteiger partial charge in [0.15, 0.2) is 0 Å². The Kier molecular flexibility index (Phi) is 4.76. The number of benzene rings is 1. The van der Waals surface area contributed by atoms with Crippen LogP contribution in [0.5, 0.6) is 0 Å². The lowest BCUT2D eigenvalue weighted by Gasteiger charge is -2.29. The molecule has 0 saturated heterocycles. The summed E-state index contributed by atoms with van der Waals surface area (Å²) in [5.74, 6) is -0.144. The fourth-order valence-corrected chi connectivity index (χ4v) is 4.31. The average molecular weight is 397 g/mol. The molecule has 2 amide bonds. The maximum absolute atomic E-state index is 12.0. The highest BCUT2D eigenvalue weighted by atomic mass is 35.5. The molecule has 3 aromatic rings. The standard InChI is InChI=1S/C20H17ClN4OS/c1-11-3-5-13(6-4-11)15-10-27-19(24-15)17-12(2)23-20(26)25-18(17)14-7-8-16(21)22-9-14/h3-10,17-18H,1-2H3,(H,25,26). The number of hydrogen-bond donors (Lipinski definition) is 1. The molecule has 0 saturated carbocycles. The first kappa shape index (κ1) is 17.8. The number of aliphatic imine (C=N–C) groups is 1. The Labute approximate surface area is 166 Å². The molecule has 4 rings (SSSR count).